The lowest BCUT2D eigenvalue weighted by Crippen LogP contribution is -2.38. The topological polar surface area (TPSA) is 0 Å². The highest BCUT2D eigenvalue weighted by Crippen LogP contribution is 2.51. The Balaban J connectivity index is 1.87. The molecule has 0 heterocycles. The number of rotatable bonds is 1. The molecule has 0 nitrogen and oxygen atoms in total. The zero-order valence-electron chi connectivity index (χ0n) is 16.5. The zero-order chi connectivity index (χ0) is 19.0. The van der Waals surface area contributed by atoms with E-state index in [9.17, 15) is 0 Å². The molecule has 28 heavy (non-hydrogen) atoms. The molecule has 0 amide bonds. The Labute approximate surface area is 166 Å². The third-order valence-corrected chi connectivity index (χ3v) is 8.33. The maximum absolute atomic E-state index is 2.52. The van der Waals surface area contributed by atoms with Gasteiger partial charge in [0.05, 0.1) is 8.07 Å². The Morgan fingerprint density at radius 3 is 2.00 bits per heavy atom. The van der Waals surface area contributed by atoms with Gasteiger partial charge >= 0.3 is 0 Å². The summed E-state index contributed by atoms with van der Waals surface area (Å²) in [6, 6.07) is 29.6. The zero-order valence-corrected chi connectivity index (χ0v) is 17.5. The number of hydrogen-bond donors (Lipinski definition) is 0. The van der Waals surface area contributed by atoms with Gasteiger partial charge in [-0.1, -0.05) is 97.6 Å². The standard InChI is InChI=1S/C27H22Si/c1-28(2,3)25-16-24-23-15-17-9-4-5-10-18(17)20-13-8-14-22(26(20)23)27(24)21-12-7-6-11-19(21)25/h4-16H,1-3H3. The molecular formula is C27H22Si. The van der Waals surface area contributed by atoms with Crippen molar-refractivity contribution in [2.45, 2.75) is 19.6 Å². The van der Waals surface area contributed by atoms with Gasteiger partial charge < -0.3 is 0 Å². The lowest BCUT2D eigenvalue weighted by Gasteiger charge is -2.22. The van der Waals surface area contributed by atoms with Gasteiger partial charge in [-0.2, -0.15) is 0 Å². The van der Waals surface area contributed by atoms with E-state index in [1.54, 1.807) is 5.19 Å². The van der Waals surface area contributed by atoms with Crippen molar-refractivity contribution in [3.8, 4) is 22.3 Å². The van der Waals surface area contributed by atoms with Gasteiger partial charge in [0.2, 0.25) is 0 Å². The van der Waals surface area contributed by atoms with Crippen LogP contribution < -0.4 is 5.19 Å². The minimum Gasteiger partial charge on any atom is -0.0656 e. The highest BCUT2D eigenvalue weighted by Gasteiger charge is 2.28. The van der Waals surface area contributed by atoms with E-state index < -0.39 is 8.07 Å². The quantitative estimate of drug-likeness (QED) is 0.209. The second-order valence-electron chi connectivity index (χ2n) is 9.02. The predicted molar refractivity (Wildman–Crippen MR) is 126 cm³/mol. The van der Waals surface area contributed by atoms with Crippen LogP contribution in [-0.2, 0) is 0 Å². The van der Waals surface area contributed by atoms with Crippen LogP contribution in [0.3, 0.4) is 0 Å². The second kappa shape index (κ2) is 5.33. The van der Waals surface area contributed by atoms with Crippen molar-refractivity contribution in [2.75, 3.05) is 0 Å². The van der Waals surface area contributed by atoms with Gasteiger partial charge in [-0.05, 0) is 60.6 Å². The van der Waals surface area contributed by atoms with Crippen LogP contribution in [0.5, 0.6) is 0 Å². The van der Waals surface area contributed by atoms with Crippen LogP contribution in [0.15, 0.2) is 78.9 Å². The Morgan fingerprint density at radius 1 is 0.536 bits per heavy atom. The largest absolute Gasteiger partial charge is 0.0784 e. The number of fused-ring (bicyclic) bond motifs is 7. The van der Waals surface area contributed by atoms with Crippen molar-refractivity contribution in [1.29, 1.82) is 0 Å². The molecule has 5 aromatic rings. The summed E-state index contributed by atoms with van der Waals surface area (Å²) in [4.78, 5) is 0. The first kappa shape index (κ1) is 16.1. The average Bonchev–Trinajstić information content (AvgIpc) is 3.02. The van der Waals surface area contributed by atoms with E-state index in [1.165, 1.54) is 54.6 Å². The van der Waals surface area contributed by atoms with E-state index in [1.807, 2.05) is 0 Å². The Hall–Kier alpha value is -2.90. The Kier molecular flexibility index (Phi) is 3.06. The van der Waals surface area contributed by atoms with Crippen LogP contribution in [0.2, 0.25) is 19.6 Å². The first-order chi connectivity index (χ1) is 13.5. The molecule has 134 valence electrons. The lowest BCUT2D eigenvalue weighted by molar-refractivity contribution is 1.70. The molecule has 5 aromatic carbocycles. The fourth-order valence-electron chi connectivity index (χ4n) is 5.08. The predicted octanol–water partition coefficient (Wildman–Crippen LogP) is 7.34. The highest BCUT2D eigenvalue weighted by molar-refractivity contribution is 6.90. The van der Waals surface area contributed by atoms with Crippen LogP contribution in [0.1, 0.15) is 0 Å². The normalized spacial score (nSPS) is 12.8. The minimum atomic E-state index is -1.48. The Bertz CT molecular complexity index is 1430. The summed E-state index contributed by atoms with van der Waals surface area (Å²) in [6.07, 6.45) is 0. The van der Waals surface area contributed by atoms with Crippen molar-refractivity contribution in [1.82, 2.24) is 0 Å². The molecule has 0 radical (unpaired) electrons. The van der Waals surface area contributed by atoms with Gasteiger partial charge in [0, 0.05) is 0 Å². The third kappa shape index (κ3) is 2.00. The van der Waals surface area contributed by atoms with Crippen LogP contribution in [0.25, 0.3) is 54.6 Å². The maximum atomic E-state index is 2.52. The smallest absolute Gasteiger partial charge is 0.0656 e. The van der Waals surface area contributed by atoms with Crippen LogP contribution in [0, 0.1) is 0 Å². The molecule has 0 fully saturated rings. The van der Waals surface area contributed by atoms with Gasteiger partial charge in [-0.3, -0.25) is 0 Å². The van der Waals surface area contributed by atoms with Crippen molar-refractivity contribution in [3.05, 3.63) is 78.9 Å². The summed E-state index contributed by atoms with van der Waals surface area (Å²) >= 11 is 0. The molecule has 0 aliphatic heterocycles. The molecule has 1 heteroatoms. The van der Waals surface area contributed by atoms with E-state index in [0.29, 0.717) is 0 Å². The van der Waals surface area contributed by atoms with E-state index in [4.69, 9.17) is 0 Å². The van der Waals surface area contributed by atoms with Crippen molar-refractivity contribution in [3.63, 3.8) is 0 Å². The Morgan fingerprint density at radius 2 is 1.21 bits per heavy atom. The van der Waals surface area contributed by atoms with Gasteiger partial charge in [-0.15, -0.1) is 0 Å². The highest BCUT2D eigenvalue weighted by atomic mass is 28.3. The molecule has 0 atom stereocenters. The van der Waals surface area contributed by atoms with Gasteiger partial charge in [-0.25, -0.2) is 0 Å². The molecule has 0 bridgehead atoms. The summed E-state index contributed by atoms with van der Waals surface area (Å²) in [7, 11) is -1.48. The van der Waals surface area contributed by atoms with Crippen LogP contribution in [-0.4, -0.2) is 8.07 Å². The van der Waals surface area contributed by atoms with Crippen LogP contribution in [0.4, 0.5) is 0 Å². The third-order valence-electron chi connectivity index (χ3n) is 6.30. The summed E-state index contributed by atoms with van der Waals surface area (Å²) in [5, 5.41) is 9.90. The monoisotopic (exact) mass is 374 g/mol. The molecule has 0 unspecified atom stereocenters. The van der Waals surface area contributed by atoms with E-state index in [-0.39, 0.29) is 0 Å². The summed E-state index contributed by atoms with van der Waals surface area (Å²) in [5.41, 5.74) is 5.65. The lowest BCUT2D eigenvalue weighted by atomic mass is 9.96. The fraction of sp³-hybridized carbons (Fsp3) is 0.111. The second-order valence-corrected chi connectivity index (χ2v) is 14.1. The average molecular weight is 375 g/mol. The minimum absolute atomic E-state index is 1.33. The molecule has 1 aliphatic rings. The molecular weight excluding hydrogens is 352 g/mol. The maximum Gasteiger partial charge on any atom is 0.0784 e. The van der Waals surface area contributed by atoms with Gasteiger partial charge in [0.25, 0.3) is 0 Å². The van der Waals surface area contributed by atoms with E-state index >= 15 is 0 Å². The summed E-state index contributed by atoms with van der Waals surface area (Å²) < 4.78 is 0. The molecule has 0 saturated carbocycles. The molecule has 0 saturated heterocycles. The first-order valence-electron chi connectivity index (χ1n) is 10.1. The van der Waals surface area contributed by atoms with Crippen molar-refractivity contribution < 1.29 is 0 Å². The molecule has 1 aliphatic carbocycles. The van der Waals surface area contributed by atoms with Gasteiger partial charge in [0.1, 0.15) is 0 Å². The number of benzene rings is 5. The first-order valence-corrected chi connectivity index (χ1v) is 13.6. The van der Waals surface area contributed by atoms with Crippen LogP contribution >= 0.6 is 0 Å². The van der Waals surface area contributed by atoms with Crippen molar-refractivity contribution >= 4 is 45.6 Å². The summed E-state index contributed by atoms with van der Waals surface area (Å²) in [5.74, 6) is 0. The molecule has 0 N–H and O–H groups in total. The van der Waals surface area contributed by atoms with Gasteiger partial charge in [0.15, 0.2) is 0 Å². The molecule has 0 spiro atoms. The summed E-state index contributed by atoms with van der Waals surface area (Å²) in [6.45, 7) is 7.37. The van der Waals surface area contributed by atoms with Crippen molar-refractivity contribution in [2.24, 2.45) is 0 Å². The van der Waals surface area contributed by atoms with E-state index in [2.05, 4.69) is 98.5 Å². The number of hydrogen-bond acceptors (Lipinski definition) is 0. The fourth-order valence-corrected chi connectivity index (χ4v) is 6.69. The SMILES string of the molecule is C[Si](C)(C)c1cc2c(c3ccccc13)-c1cccc3c1c-2cc1ccccc13. The molecule has 0 aromatic heterocycles. The van der Waals surface area contributed by atoms with E-state index in [0.717, 1.165) is 0 Å². The molecule has 6 rings (SSSR count).